The van der Waals surface area contributed by atoms with Crippen LogP contribution >= 0.6 is 34.0 Å². The summed E-state index contributed by atoms with van der Waals surface area (Å²) in [5.41, 5.74) is -0.886. The minimum atomic E-state index is -2.15. The van der Waals surface area contributed by atoms with Crippen LogP contribution in [0, 0.1) is 29.1 Å². The molecule has 0 radical (unpaired) electrons. The zero-order valence-corrected chi connectivity index (χ0v) is 17.1. The van der Waals surface area contributed by atoms with Gasteiger partial charge in [-0.2, -0.15) is 0 Å². The fourth-order valence-corrected chi connectivity index (χ4v) is 8.12. The topological polar surface area (TPSA) is 0 Å². The SMILES string of the molecule is Fc1c(F)c(F)c(-c2cccc3sc4c5sc6ccccc6c5sc4c23)c(F)c1F. The Kier molecular flexibility index (Phi) is 3.79. The van der Waals surface area contributed by atoms with Crippen LogP contribution in [-0.2, 0) is 0 Å². The Labute approximate surface area is 177 Å². The van der Waals surface area contributed by atoms with Crippen LogP contribution in [0.15, 0.2) is 42.5 Å². The van der Waals surface area contributed by atoms with Gasteiger partial charge < -0.3 is 0 Å². The van der Waals surface area contributed by atoms with Crippen molar-refractivity contribution in [2.75, 3.05) is 0 Å². The molecule has 0 spiro atoms. The third-order valence-corrected chi connectivity index (χ3v) is 9.10. The first-order valence-corrected chi connectivity index (χ1v) is 11.2. The van der Waals surface area contributed by atoms with E-state index in [0.29, 0.717) is 5.39 Å². The highest BCUT2D eigenvalue weighted by molar-refractivity contribution is 7.43. The highest BCUT2D eigenvalue weighted by atomic mass is 32.1. The van der Waals surface area contributed by atoms with Crippen LogP contribution in [0.3, 0.4) is 0 Å². The monoisotopic (exact) mass is 462 g/mol. The molecule has 0 aliphatic heterocycles. The van der Waals surface area contributed by atoms with Crippen molar-refractivity contribution >= 4 is 73.0 Å². The number of halogens is 5. The summed E-state index contributed by atoms with van der Waals surface area (Å²) in [5.74, 6) is -9.67. The Bertz CT molecular complexity index is 1630. The van der Waals surface area contributed by atoms with Crippen molar-refractivity contribution in [2.45, 2.75) is 0 Å². The van der Waals surface area contributed by atoms with Gasteiger partial charge in [0.1, 0.15) is 0 Å². The molecule has 0 unspecified atom stereocenters. The zero-order chi connectivity index (χ0) is 20.7. The summed E-state index contributed by atoms with van der Waals surface area (Å²) < 4.78 is 76.2. The van der Waals surface area contributed by atoms with Crippen molar-refractivity contribution in [1.82, 2.24) is 0 Å². The Morgan fingerprint density at radius 2 is 1.10 bits per heavy atom. The molecule has 0 aliphatic carbocycles. The molecule has 3 heterocycles. The summed E-state index contributed by atoms with van der Waals surface area (Å²) in [6.07, 6.45) is 0. The predicted molar refractivity (Wildman–Crippen MR) is 115 cm³/mol. The summed E-state index contributed by atoms with van der Waals surface area (Å²) in [6.45, 7) is 0. The summed E-state index contributed by atoms with van der Waals surface area (Å²) >= 11 is 4.57. The molecule has 3 aromatic carbocycles. The van der Waals surface area contributed by atoms with E-state index in [0.717, 1.165) is 33.6 Å². The summed E-state index contributed by atoms with van der Waals surface area (Å²) in [6, 6.07) is 12.7. The second-order valence-electron chi connectivity index (χ2n) is 6.74. The first kappa shape index (κ1) is 18.2. The van der Waals surface area contributed by atoms with Gasteiger partial charge in [-0.25, -0.2) is 22.0 Å². The van der Waals surface area contributed by atoms with E-state index in [4.69, 9.17) is 0 Å². The van der Waals surface area contributed by atoms with E-state index >= 15 is 0 Å². The third-order valence-electron chi connectivity index (χ3n) is 5.11. The van der Waals surface area contributed by atoms with Crippen LogP contribution in [0.4, 0.5) is 22.0 Å². The summed E-state index contributed by atoms with van der Waals surface area (Å²) in [5, 5.41) is 1.60. The number of hydrogen-bond donors (Lipinski definition) is 0. The molecule has 8 heteroatoms. The average Bonchev–Trinajstić information content (AvgIpc) is 3.39. The Balaban J connectivity index is 1.78. The molecule has 148 valence electrons. The molecule has 0 N–H and O–H groups in total. The largest absolute Gasteiger partial charge is 0.203 e. The molecule has 0 bridgehead atoms. The van der Waals surface area contributed by atoms with Gasteiger partial charge >= 0.3 is 0 Å². The van der Waals surface area contributed by atoms with E-state index < -0.39 is 34.6 Å². The van der Waals surface area contributed by atoms with Crippen molar-refractivity contribution in [1.29, 1.82) is 0 Å². The van der Waals surface area contributed by atoms with Crippen LogP contribution in [0.2, 0.25) is 0 Å². The van der Waals surface area contributed by atoms with Crippen molar-refractivity contribution in [2.24, 2.45) is 0 Å². The molecule has 0 atom stereocenters. The third kappa shape index (κ3) is 2.24. The fraction of sp³-hybridized carbons (Fsp3) is 0. The number of benzene rings is 3. The quantitative estimate of drug-likeness (QED) is 0.130. The van der Waals surface area contributed by atoms with E-state index in [1.54, 1.807) is 23.5 Å². The van der Waals surface area contributed by atoms with Gasteiger partial charge in [-0.15, -0.1) is 34.0 Å². The summed E-state index contributed by atoms with van der Waals surface area (Å²) in [4.78, 5) is 0. The van der Waals surface area contributed by atoms with Crippen molar-refractivity contribution < 1.29 is 22.0 Å². The van der Waals surface area contributed by atoms with Gasteiger partial charge in [0, 0.05) is 20.2 Å². The van der Waals surface area contributed by atoms with Crippen LogP contribution in [0.25, 0.3) is 50.1 Å². The van der Waals surface area contributed by atoms with Gasteiger partial charge in [-0.1, -0.05) is 30.3 Å². The number of rotatable bonds is 1. The molecular weight excluding hydrogens is 455 g/mol. The van der Waals surface area contributed by atoms with E-state index in [9.17, 15) is 22.0 Å². The van der Waals surface area contributed by atoms with E-state index in [2.05, 4.69) is 0 Å². The van der Waals surface area contributed by atoms with E-state index in [1.165, 1.54) is 28.7 Å². The van der Waals surface area contributed by atoms with Gasteiger partial charge in [0.2, 0.25) is 5.82 Å². The van der Waals surface area contributed by atoms with Gasteiger partial charge in [0.15, 0.2) is 23.3 Å². The lowest BCUT2D eigenvalue weighted by Crippen LogP contribution is -2.04. The van der Waals surface area contributed by atoms with Gasteiger partial charge in [0.05, 0.1) is 24.4 Å². The molecule has 0 fully saturated rings. The Morgan fingerprint density at radius 1 is 0.500 bits per heavy atom. The maximum Gasteiger partial charge on any atom is 0.200 e. The molecule has 0 saturated heterocycles. The second kappa shape index (κ2) is 6.23. The molecule has 30 heavy (non-hydrogen) atoms. The van der Waals surface area contributed by atoms with Crippen LogP contribution < -0.4 is 0 Å². The Hall–Kier alpha value is -2.55. The number of thiophene rings is 3. The van der Waals surface area contributed by atoms with Gasteiger partial charge in [-0.3, -0.25) is 0 Å². The predicted octanol–water partition coefficient (Wildman–Crippen LogP) is 8.85. The molecule has 3 aromatic heterocycles. The molecule has 6 rings (SSSR count). The lowest BCUT2D eigenvalue weighted by atomic mass is 10.00. The summed E-state index contributed by atoms with van der Waals surface area (Å²) in [7, 11) is 0. The molecule has 0 nitrogen and oxygen atoms in total. The normalized spacial score (nSPS) is 12.2. The highest BCUT2D eigenvalue weighted by Gasteiger charge is 2.28. The highest BCUT2D eigenvalue weighted by Crippen LogP contribution is 2.52. The molecule has 6 aromatic rings. The van der Waals surface area contributed by atoms with Crippen molar-refractivity contribution in [3.63, 3.8) is 0 Å². The number of hydrogen-bond acceptors (Lipinski definition) is 3. The van der Waals surface area contributed by atoms with E-state index in [1.807, 2.05) is 24.3 Å². The maximum atomic E-state index is 14.6. The molecular formula is C22H7F5S3. The minimum Gasteiger partial charge on any atom is -0.203 e. The lowest BCUT2D eigenvalue weighted by Gasteiger charge is -2.09. The molecule has 0 saturated carbocycles. The number of fused-ring (bicyclic) bond motifs is 7. The first-order chi connectivity index (χ1) is 14.5. The van der Waals surface area contributed by atoms with Gasteiger partial charge in [0.25, 0.3) is 0 Å². The maximum absolute atomic E-state index is 14.6. The smallest absolute Gasteiger partial charge is 0.200 e. The van der Waals surface area contributed by atoms with Crippen LogP contribution in [0.1, 0.15) is 0 Å². The lowest BCUT2D eigenvalue weighted by molar-refractivity contribution is 0.381. The second-order valence-corrected chi connectivity index (χ2v) is 9.87. The van der Waals surface area contributed by atoms with Crippen LogP contribution in [0.5, 0.6) is 0 Å². The van der Waals surface area contributed by atoms with Crippen LogP contribution in [-0.4, -0.2) is 0 Å². The van der Waals surface area contributed by atoms with E-state index in [-0.39, 0.29) is 5.56 Å². The van der Waals surface area contributed by atoms with Crippen molar-refractivity contribution in [3.8, 4) is 11.1 Å². The standard InChI is InChI=1S/C22H7F5S3/c23-14-13(15(24)17(26)18(27)16(14)25)9-5-3-7-11-12(9)20-22(29-11)21-19(30-20)8-4-1-2-6-10(8)28-21/h1-7H. The fourth-order valence-electron chi connectivity index (χ4n) is 3.79. The zero-order valence-electron chi connectivity index (χ0n) is 14.7. The average molecular weight is 462 g/mol. The Morgan fingerprint density at radius 3 is 1.87 bits per heavy atom. The molecule has 0 amide bonds. The minimum absolute atomic E-state index is 0.00441. The van der Waals surface area contributed by atoms with Gasteiger partial charge in [-0.05, 0) is 17.7 Å². The first-order valence-electron chi connectivity index (χ1n) is 8.74. The van der Waals surface area contributed by atoms with Crippen molar-refractivity contribution in [3.05, 3.63) is 71.6 Å². The molecule has 0 aliphatic rings.